The van der Waals surface area contributed by atoms with Crippen LogP contribution in [0.1, 0.15) is 6.92 Å². The Hall–Kier alpha value is -0.550. The summed E-state index contributed by atoms with van der Waals surface area (Å²) in [5.74, 6) is 0.917. The molecule has 0 spiro atoms. The lowest BCUT2D eigenvalue weighted by molar-refractivity contribution is 0.341. The number of hydrogen-bond acceptors (Lipinski definition) is 3. The highest BCUT2D eigenvalue weighted by Gasteiger charge is 2.06. The third-order valence-corrected chi connectivity index (χ3v) is 4.11. The second kappa shape index (κ2) is 5.51. The van der Waals surface area contributed by atoms with E-state index in [0.717, 1.165) is 4.47 Å². The van der Waals surface area contributed by atoms with Crippen LogP contribution in [0.15, 0.2) is 28.7 Å². The molecular weight excluding hydrogens is 280 g/mol. The number of benzene rings is 1. The first kappa shape index (κ1) is 12.5. The Bertz CT molecular complexity index is 397. The summed E-state index contributed by atoms with van der Waals surface area (Å²) >= 11 is 3.31. The first-order valence-corrected chi connectivity index (χ1v) is 7.24. The zero-order valence-electron chi connectivity index (χ0n) is 8.44. The number of halogens is 1. The standard InChI is InChI=1S/C10H13BrO3S/c1-2-15(12,13)8-7-14-10-5-3-9(11)4-6-10/h3-6H,2,7-8H2,1H3. The maximum Gasteiger partial charge on any atom is 0.153 e. The van der Waals surface area contributed by atoms with Crippen molar-refractivity contribution < 1.29 is 13.2 Å². The quantitative estimate of drug-likeness (QED) is 0.836. The smallest absolute Gasteiger partial charge is 0.153 e. The molecule has 0 saturated heterocycles. The average Bonchev–Trinajstić information content (AvgIpc) is 2.21. The largest absolute Gasteiger partial charge is 0.493 e. The fourth-order valence-corrected chi connectivity index (χ4v) is 1.85. The van der Waals surface area contributed by atoms with Gasteiger partial charge in [-0.05, 0) is 24.3 Å². The molecule has 0 heterocycles. The molecule has 84 valence electrons. The van der Waals surface area contributed by atoms with Crippen LogP contribution in [0, 0.1) is 0 Å². The molecule has 5 heteroatoms. The fraction of sp³-hybridized carbons (Fsp3) is 0.400. The number of sulfone groups is 1. The summed E-state index contributed by atoms with van der Waals surface area (Å²) in [5, 5.41) is 0. The van der Waals surface area contributed by atoms with Crippen LogP contribution in [-0.2, 0) is 9.84 Å². The third-order valence-electron chi connectivity index (χ3n) is 1.92. The van der Waals surface area contributed by atoms with Crippen LogP contribution in [0.25, 0.3) is 0 Å². The Morgan fingerprint density at radius 1 is 1.27 bits per heavy atom. The molecule has 0 aliphatic rings. The number of ether oxygens (including phenoxy) is 1. The van der Waals surface area contributed by atoms with Crippen molar-refractivity contribution in [2.24, 2.45) is 0 Å². The Labute approximate surface area is 98.5 Å². The van der Waals surface area contributed by atoms with Crippen molar-refractivity contribution in [1.82, 2.24) is 0 Å². The van der Waals surface area contributed by atoms with E-state index in [9.17, 15) is 8.42 Å². The van der Waals surface area contributed by atoms with Crippen LogP contribution in [0.5, 0.6) is 5.75 Å². The lowest BCUT2D eigenvalue weighted by Gasteiger charge is -2.05. The number of hydrogen-bond donors (Lipinski definition) is 0. The Morgan fingerprint density at radius 2 is 1.87 bits per heavy atom. The van der Waals surface area contributed by atoms with Crippen molar-refractivity contribution >= 4 is 25.8 Å². The predicted octanol–water partition coefficient (Wildman–Crippen LogP) is 2.26. The van der Waals surface area contributed by atoms with E-state index >= 15 is 0 Å². The predicted molar refractivity (Wildman–Crippen MR) is 64.0 cm³/mol. The molecule has 0 fully saturated rings. The summed E-state index contributed by atoms with van der Waals surface area (Å²) < 4.78 is 28.6. The maximum absolute atomic E-state index is 11.2. The van der Waals surface area contributed by atoms with Crippen LogP contribution in [0.3, 0.4) is 0 Å². The average molecular weight is 293 g/mol. The summed E-state index contributed by atoms with van der Waals surface area (Å²) in [6, 6.07) is 7.29. The normalized spacial score (nSPS) is 11.3. The van der Waals surface area contributed by atoms with Crippen molar-refractivity contribution in [3.05, 3.63) is 28.7 Å². The van der Waals surface area contributed by atoms with E-state index in [1.54, 1.807) is 19.1 Å². The molecule has 0 radical (unpaired) electrons. The van der Waals surface area contributed by atoms with Gasteiger partial charge in [-0.2, -0.15) is 0 Å². The zero-order chi connectivity index (χ0) is 11.3. The highest BCUT2D eigenvalue weighted by molar-refractivity contribution is 9.10. The van der Waals surface area contributed by atoms with E-state index in [2.05, 4.69) is 15.9 Å². The van der Waals surface area contributed by atoms with Crippen molar-refractivity contribution in [1.29, 1.82) is 0 Å². The fourth-order valence-electron chi connectivity index (χ4n) is 0.962. The van der Waals surface area contributed by atoms with Gasteiger partial charge in [0.1, 0.15) is 12.4 Å². The van der Waals surface area contributed by atoms with E-state index in [-0.39, 0.29) is 18.1 Å². The van der Waals surface area contributed by atoms with Gasteiger partial charge in [0.25, 0.3) is 0 Å². The molecule has 0 aliphatic carbocycles. The van der Waals surface area contributed by atoms with E-state index in [0.29, 0.717) is 5.75 Å². The summed E-state index contributed by atoms with van der Waals surface area (Å²) in [6.45, 7) is 1.84. The van der Waals surface area contributed by atoms with Crippen molar-refractivity contribution in [3.63, 3.8) is 0 Å². The van der Waals surface area contributed by atoms with Gasteiger partial charge in [-0.15, -0.1) is 0 Å². The van der Waals surface area contributed by atoms with Gasteiger partial charge in [0, 0.05) is 10.2 Å². The first-order valence-electron chi connectivity index (χ1n) is 4.62. The molecule has 0 atom stereocenters. The minimum absolute atomic E-state index is 0.0690. The molecule has 0 amide bonds. The van der Waals surface area contributed by atoms with E-state index in [1.165, 1.54) is 0 Å². The molecule has 0 aromatic heterocycles. The third kappa shape index (κ3) is 4.66. The lowest BCUT2D eigenvalue weighted by atomic mass is 10.3. The van der Waals surface area contributed by atoms with E-state index in [1.807, 2.05) is 12.1 Å². The van der Waals surface area contributed by atoms with Gasteiger partial charge in [-0.3, -0.25) is 0 Å². The van der Waals surface area contributed by atoms with E-state index in [4.69, 9.17) is 4.74 Å². The Morgan fingerprint density at radius 3 is 2.40 bits per heavy atom. The first-order chi connectivity index (χ1) is 7.03. The minimum Gasteiger partial charge on any atom is -0.493 e. The highest BCUT2D eigenvalue weighted by atomic mass is 79.9. The molecule has 1 aromatic carbocycles. The SMILES string of the molecule is CCS(=O)(=O)CCOc1ccc(Br)cc1. The molecule has 1 rings (SSSR count). The topological polar surface area (TPSA) is 43.4 Å². The summed E-state index contributed by atoms with van der Waals surface area (Å²) in [6.07, 6.45) is 0. The molecule has 3 nitrogen and oxygen atoms in total. The van der Waals surface area contributed by atoms with Crippen LogP contribution in [-0.4, -0.2) is 26.5 Å². The van der Waals surface area contributed by atoms with Gasteiger partial charge in [-0.25, -0.2) is 8.42 Å². The van der Waals surface area contributed by atoms with Crippen LogP contribution in [0.2, 0.25) is 0 Å². The molecule has 0 unspecified atom stereocenters. The Kier molecular flexibility index (Phi) is 4.60. The number of rotatable bonds is 5. The Balaban J connectivity index is 2.42. The summed E-state index contributed by atoms with van der Waals surface area (Å²) in [5.41, 5.74) is 0. The summed E-state index contributed by atoms with van der Waals surface area (Å²) in [7, 11) is -2.93. The molecule has 15 heavy (non-hydrogen) atoms. The molecular formula is C10H13BrO3S. The second-order valence-electron chi connectivity index (χ2n) is 3.04. The van der Waals surface area contributed by atoms with Crippen LogP contribution < -0.4 is 4.74 Å². The second-order valence-corrected chi connectivity index (χ2v) is 6.43. The molecule has 0 saturated carbocycles. The van der Waals surface area contributed by atoms with Gasteiger partial charge in [-0.1, -0.05) is 22.9 Å². The molecule has 1 aromatic rings. The summed E-state index contributed by atoms with van der Waals surface area (Å²) in [4.78, 5) is 0. The van der Waals surface area contributed by atoms with Crippen molar-refractivity contribution in [2.45, 2.75) is 6.92 Å². The minimum atomic E-state index is -2.93. The van der Waals surface area contributed by atoms with Crippen LogP contribution in [0.4, 0.5) is 0 Å². The van der Waals surface area contributed by atoms with Gasteiger partial charge >= 0.3 is 0 Å². The van der Waals surface area contributed by atoms with Crippen molar-refractivity contribution in [3.8, 4) is 5.75 Å². The van der Waals surface area contributed by atoms with Gasteiger partial charge in [0.15, 0.2) is 9.84 Å². The molecule has 0 N–H and O–H groups in total. The zero-order valence-corrected chi connectivity index (χ0v) is 10.8. The van der Waals surface area contributed by atoms with E-state index < -0.39 is 9.84 Å². The van der Waals surface area contributed by atoms with Gasteiger partial charge < -0.3 is 4.74 Å². The monoisotopic (exact) mass is 292 g/mol. The van der Waals surface area contributed by atoms with Crippen LogP contribution >= 0.6 is 15.9 Å². The lowest BCUT2D eigenvalue weighted by Crippen LogP contribution is -2.15. The molecule has 0 bridgehead atoms. The highest BCUT2D eigenvalue weighted by Crippen LogP contribution is 2.15. The molecule has 0 aliphatic heterocycles. The van der Waals surface area contributed by atoms with Crippen molar-refractivity contribution in [2.75, 3.05) is 18.1 Å². The van der Waals surface area contributed by atoms with Gasteiger partial charge in [0.2, 0.25) is 0 Å². The van der Waals surface area contributed by atoms with Gasteiger partial charge in [0.05, 0.1) is 5.75 Å². The maximum atomic E-state index is 11.2.